The number of aromatic nitrogens is 2. The molecule has 2 aromatic heterocycles. The second-order valence-corrected chi connectivity index (χ2v) is 4.79. The number of halogens is 1. The molecule has 2 N–H and O–H groups in total. The zero-order chi connectivity index (χ0) is 13.8. The summed E-state index contributed by atoms with van der Waals surface area (Å²) in [4.78, 5) is 20.3. The molecule has 0 aromatic carbocycles. The molecule has 0 aliphatic heterocycles. The molecule has 2 rings (SSSR count). The van der Waals surface area contributed by atoms with Crippen molar-refractivity contribution in [1.29, 1.82) is 0 Å². The SMILES string of the molecule is CNc1cc(C)ncc1C(=O)Nc1ccncc1Br. The largest absolute Gasteiger partial charge is 0.387 e. The lowest BCUT2D eigenvalue weighted by Crippen LogP contribution is -2.15. The highest BCUT2D eigenvalue weighted by Gasteiger charge is 2.13. The Labute approximate surface area is 119 Å². The first kappa shape index (κ1) is 13.5. The van der Waals surface area contributed by atoms with Crippen molar-refractivity contribution in [2.45, 2.75) is 6.92 Å². The lowest BCUT2D eigenvalue weighted by atomic mass is 10.2. The molecule has 5 nitrogen and oxygen atoms in total. The number of nitrogens with zero attached hydrogens (tertiary/aromatic N) is 2. The number of anilines is 2. The van der Waals surface area contributed by atoms with Gasteiger partial charge in [0.1, 0.15) is 0 Å². The molecule has 0 spiro atoms. The molecule has 0 bridgehead atoms. The van der Waals surface area contributed by atoms with E-state index in [0.717, 1.165) is 15.9 Å². The Hall–Kier alpha value is -1.95. The second-order valence-electron chi connectivity index (χ2n) is 3.93. The molecule has 0 aliphatic rings. The van der Waals surface area contributed by atoms with E-state index in [4.69, 9.17) is 0 Å². The van der Waals surface area contributed by atoms with Crippen molar-refractivity contribution >= 4 is 33.2 Å². The number of nitrogens with one attached hydrogen (secondary N) is 2. The van der Waals surface area contributed by atoms with E-state index in [1.807, 2.05) is 13.0 Å². The quantitative estimate of drug-likeness (QED) is 0.912. The van der Waals surface area contributed by atoms with Crippen LogP contribution in [0.4, 0.5) is 11.4 Å². The van der Waals surface area contributed by atoms with Crippen molar-refractivity contribution in [3.05, 3.63) is 46.5 Å². The average Bonchev–Trinajstić information content (AvgIpc) is 2.41. The number of aryl methyl sites for hydroxylation is 1. The summed E-state index contributed by atoms with van der Waals surface area (Å²) >= 11 is 3.34. The fourth-order valence-corrected chi connectivity index (χ4v) is 1.96. The number of hydrogen-bond acceptors (Lipinski definition) is 4. The van der Waals surface area contributed by atoms with Crippen molar-refractivity contribution in [2.75, 3.05) is 17.7 Å². The average molecular weight is 321 g/mol. The van der Waals surface area contributed by atoms with E-state index in [0.29, 0.717) is 11.3 Å². The van der Waals surface area contributed by atoms with Crippen molar-refractivity contribution in [3.8, 4) is 0 Å². The Morgan fingerprint density at radius 2 is 2.11 bits per heavy atom. The van der Waals surface area contributed by atoms with Crippen LogP contribution >= 0.6 is 15.9 Å². The van der Waals surface area contributed by atoms with E-state index in [1.54, 1.807) is 31.7 Å². The van der Waals surface area contributed by atoms with E-state index in [-0.39, 0.29) is 5.91 Å². The first-order valence-electron chi connectivity index (χ1n) is 5.67. The van der Waals surface area contributed by atoms with Crippen LogP contribution in [0.1, 0.15) is 16.1 Å². The molecule has 2 aromatic rings. The van der Waals surface area contributed by atoms with Gasteiger partial charge in [-0.2, -0.15) is 0 Å². The van der Waals surface area contributed by atoms with E-state index in [9.17, 15) is 4.79 Å². The fraction of sp³-hybridized carbons (Fsp3) is 0.154. The van der Waals surface area contributed by atoms with Gasteiger partial charge in [-0.25, -0.2) is 0 Å². The highest BCUT2D eigenvalue weighted by molar-refractivity contribution is 9.10. The second kappa shape index (κ2) is 5.79. The molecular formula is C13H13BrN4O. The molecule has 0 saturated heterocycles. The van der Waals surface area contributed by atoms with Crippen molar-refractivity contribution in [3.63, 3.8) is 0 Å². The van der Waals surface area contributed by atoms with E-state index in [1.165, 1.54) is 0 Å². The van der Waals surface area contributed by atoms with Gasteiger partial charge in [-0.15, -0.1) is 0 Å². The van der Waals surface area contributed by atoms with E-state index < -0.39 is 0 Å². The van der Waals surface area contributed by atoms with Crippen LogP contribution in [0.25, 0.3) is 0 Å². The molecular weight excluding hydrogens is 308 g/mol. The number of pyridine rings is 2. The maximum absolute atomic E-state index is 12.2. The van der Waals surface area contributed by atoms with Gasteiger partial charge in [-0.05, 0) is 35.0 Å². The maximum Gasteiger partial charge on any atom is 0.259 e. The summed E-state index contributed by atoms with van der Waals surface area (Å²) in [6.45, 7) is 1.88. The normalized spacial score (nSPS) is 10.1. The van der Waals surface area contributed by atoms with Gasteiger partial charge in [0.2, 0.25) is 0 Å². The maximum atomic E-state index is 12.2. The van der Waals surface area contributed by atoms with Crippen LogP contribution in [-0.4, -0.2) is 22.9 Å². The Morgan fingerprint density at radius 1 is 1.32 bits per heavy atom. The lowest BCUT2D eigenvalue weighted by molar-refractivity contribution is 0.102. The zero-order valence-electron chi connectivity index (χ0n) is 10.6. The van der Waals surface area contributed by atoms with Gasteiger partial charge in [-0.1, -0.05) is 0 Å². The van der Waals surface area contributed by atoms with Crippen molar-refractivity contribution in [2.24, 2.45) is 0 Å². The predicted octanol–water partition coefficient (Wildman–Crippen LogP) is 2.84. The van der Waals surface area contributed by atoms with Gasteiger partial charge in [0, 0.05) is 31.3 Å². The molecule has 98 valence electrons. The highest BCUT2D eigenvalue weighted by Crippen LogP contribution is 2.22. The highest BCUT2D eigenvalue weighted by atomic mass is 79.9. The van der Waals surface area contributed by atoms with Gasteiger partial charge >= 0.3 is 0 Å². The third-order valence-electron chi connectivity index (χ3n) is 2.58. The molecule has 0 radical (unpaired) electrons. The molecule has 0 fully saturated rings. The molecule has 2 heterocycles. The predicted molar refractivity (Wildman–Crippen MR) is 78.4 cm³/mol. The monoisotopic (exact) mass is 320 g/mol. The summed E-state index contributed by atoms with van der Waals surface area (Å²) in [5.74, 6) is -0.219. The molecule has 1 amide bonds. The molecule has 6 heteroatoms. The number of carbonyl (C=O) groups is 1. The summed E-state index contributed by atoms with van der Waals surface area (Å²) in [6, 6.07) is 3.55. The number of carbonyl (C=O) groups excluding carboxylic acids is 1. The third-order valence-corrected chi connectivity index (χ3v) is 3.21. The molecule has 0 saturated carbocycles. The van der Waals surface area contributed by atoms with Crippen LogP contribution in [0, 0.1) is 6.92 Å². The van der Waals surface area contributed by atoms with Gasteiger partial charge in [0.15, 0.2) is 0 Å². The van der Waals surface area contributed by atoms with Crippen LogP contribution in [-0.2, 0) is 0 Å². The summed E-state index contributed by atoms with van der Waals surface area (Å²) in [5.41, 5.74) is 2.76. The molecule has 0 unspecified atom stereocenters. The number of rotatable bonds is 3. The summed E-state index contributed by atoms with van der Waals surface area (Å²) in [6.07, 6.45) is 4.81. The number of hydrogen-bond donors (Lipinski definition) is 2. The Kier molecular flexibility index (Phi) is 4.11. The third kappa shape index (κ3) is 3.08. The van der Waals surface area contributed by atoms with E-state index >= 15 is 0 Å². The van der Waals surface area contributed by atoms with E-state index in [2.05, 4.69) is 36.5 Å². The van der Waals surface area contributed by atoms with Gasteiger partial charge in [0.25, 0.3) is 5.91 Å². The minimum absolute atomic E-state index is 0.219. The smallest absolute Gasteiger partial charge is 0.259 e. The van der Waals surface area contributed by atoms with Crippen LogP contribution in [0.15, 0.2) is 35.2 Å². The zero-order valence-corrected chi connectivity index (χ0v) is 12.2. The molecule has 19 heavy (non-hydrogen) atoms. The van der Waals surface area contributed by atoms with Crippen LogP contribution in [0.5, 0.6) is 0 Å². The van der Waals surface area contributed by atoms with Gasteiger partial charge < -0.3 is 10.6 Å². The van der Waals surface area contributed by atoms with Crippen LogP contribution in [0.2, 0.25) is 0 Å². The number of amides is 1. The standard InChI is InChI=1S/C13H13BrN4O/c1-8-5-12(15-2)9(6-17-8)13(19)18-11-3-4-16-7-10(11)14/h3-7H,1-2H3,(H,15,17)(H,16,18,19). The van der Waals surface area contributed by atoms with Crippen LogP contribution in [0.3, 0.4) is 0 Å². The minimum atomic E-state index is -0.219. The first-order valence-corrected chi connectivity index (χ1v) is 6.46. The topological polar surface area (TPSA) is 66.9 Å². The van der Waals surface area contributed by atoms with Gasteiger partial charge in [-0.3, -0.25) is 14.8 Å². The minimum Gasteiger partial charge on any atom is -0.387 e. The van der Waals surface area contributed by atoms with Gasteiger partial charge in [0.05, 0.1) is 21.4 Å². The Bertz CT molecular complexity index is 615. The first-order chi connectivity index (χ1) is 9.11. The van der Waals surface area contributed by atoms with Crippen molar-refractivity contribution < 1.29 is 4.79 Å². The fourth-order valence-electron chi connectivity index (χ4n) is 1.61. The summed E-state index contributed by atoms with van der Waals surface area (Å²) in [7, 11) is 1.77. The lowest BCUT2D eigenvalue weighted by Gasteiger charge is -2.10. The van der Waals surface area contributed by atoms with Crippen molar-refractivity contribution in [1.82, 2.24) is 9.97 Å². The van der Waals surface area contributed by atoms with Crippen LogP contribution < -0.4 is 10.6 Å². The summed E-state index contributed by atoms with van der Waals surface area (Å²) < 4.78 is 0.731. The molecule has 0 atom stereocenters. The summed E-state index contributed by atoms with van der Waals surface area (Å²) in [5, 5.41) is 5.81. The Balaban J connectivity index is 2.28. The molecule has 0 aliphatic carbocycles. The Morgan fingerprint density at radius 3 is 2.79 bits per heavy atom.